The van der Waals surface area contributed by atoms with Crippen molar-refractivity contribution in [3.8, 4) is 11.3 Å². The summed E-state index contributed by atoms with van der Waals surface area (Å²) in [7, 11) is 0. The minimum Gasteiger partial charge on any atom is -0.356 e. The van der Waals surface area contributed by atoms with Crippen molar-refractivity contribution in [2.45, 2.75) is 6.42 Å². The molecule has 3 rings (SSSR count). The molecule has 0 spiro atoms. The molecule has 0 amide bonds. The Balaban J connectivity index is 1.66. The molecule has 1 fully saturated rings. The van der Waals surface area contributed by atoms with Gasteiger partial charge < -0.3 is 14.7 Å². The zero-order valence-corrected chi connectivity index (χ0v) is 12.2. The molecular weight excluding hydrogens is 293 g/mol. The standard InChI is InChI=1S/C15H16ClFN3O/c16-11-1-2-14(17)13(9-11)15-10-12(19-21-15)3-6-20-7-4-18-5-8-20/h1-2,4,9-10,18H,3,5-8H2. The molecule has 0 bridgehead atoms. The highest BCUT2D eigenvalue weighted by molar-refractivity contribution is 6.30. The van der Waals surface area contributed by atoms with Gasteiger partial charge in [-0.05, 0) is 18.2 Å². The quantitative estimate of drug-likeness (QED) is 0.943. The Morgan fingerprint density at radius 3 is 3.10 bits per heavy atom. The molecule has 4 nitrogen and oxygen atoms in total. The Labute approximate surface area is 127 Å². The summed E-state index contributed by atoms with van der Waals surface area (Å²) >= 11 is 5.89. The van der Waals surface area contributed by atoms with Crippen LogP contribution in [0.4, 0.5) is 4.39 Å². The fourth-order valence-electron chi connectivity index (χ4n) is 2.33. The third kappa shape index (κ3) is 3.61. The van der Waals surface area contributed by atoms with E-state index in [4.69, 9.17) is 16.1 Å². The molecule has 0 aliphatic carbocycles. The van der Waals surface area contributed by atoms with Gasteiger partial charge in [-0.2, -0.15) is 0 Å². The molecular formula is C15H16ClFN3O. The summed E-state index contributed by atoms with van der Waals surface area (Å²) < 4.78 is 19.0. The smallest absolute Gasteiger partial charge is 0.170 e. The number of nitrogens with zero attached hydrogens (tertiary/aromatic N) is 2. The molecule has 1 radical (unpaired) electrons. The topological polar surface area (TPSA) is 41.3 Å². The monoisotopic (exact) mass is 308 g/mol. The van der Waals surface area contributed by atoms with Crippen LogP contribution < -0.4 is 5.32 Å². The van der Waals surface area contributed by atoms with E-state index in [-0.39, 0.29) is 5.82 Å². The van der Waals surface area contributed by atoms with Crippen molar-refractivity contribution in [2.75, 3.05) is 26.2 Å². The number of hydrogen-bond acceptors (Lipinski definition) is 4. The number of aromatic nitrogens is 1. The molecule has 0 atom stereocenters. The molecule has 6 heteroatoms. The maximum atomic E-state index is 13.8. The van der Waals surface area contributed by atoms with Crippen LogP contribution in [0, 0.1) is 12.4 Å². The van der Waals surface area contributed by atoms with Gasteiger partial charge in [0.05, 0.1) is 11.3 Å². The van der Waals surface area contributed by atoms with Crippen LogP contribution in [0.2, 0.25) is 5.02 Å². The second-order valence-electron chi connectivity index (χ2n) is 5.02. The highest BCUT2D eigenvalue weighted by atomic mass is 35.5. The second kappa shape index (κ2) is 6.56. The third-order valence-corrected chi connectivity index (χ3v) is 3.74. The summed E-state index contributed by atoms with van der Waals surface area (Å²) in [6.07, 6.45) is 0.777. The zero-order valence-electron chi connectivity index (χ0n) is 11.5. The third-order valence-electron chi connectivity index (χ3n) is 3.50. The molecule has 1 aromatic heterocycles. The first-order chi connectivity index (χ1) is 10.2. The summed E-state index contributed by atoms with van der Waals surface area (Å²) in [4.78, 5) is 2.32. The van der Waals surface area contributed by atoms with Crippen LogP contribution >= 0.6 is 11.6 Å². The van der Waals surface area contributed by atoms with E-state index in [0.717, 1.165) is 38.3 Å². The van der Waals surface area contributed by atoms with Crippen molar-refractivity contribution in [3.63, 3.8) is 0 Å². The molecule has 1 aromatic carbocycles. The minimum atomic E-state index is -0.362. The van der Waals surface area contributed by atoms with E-state index in [1.54, 1.807) is 12.1 Å². The van der Waals surface area contributed by atoms with Crippen LogP contribution in [0.5, 0.6) is 0 Å². The Morgan fingerprint density at radius 1 is 1.38 bits per heavy atom. The summed E-state index contributed by atoms with van der Waals surface area (Å²) in [5.41, 5.74) is 1.17. The first kappa shape index (κ1) is 14.5. The van der Waals surface area contributed by atoms with Gasteiger partial charge in [-0.15, -0.1) is 0 Å². The van der Waals surface area contributed by atoms with Gasteiger partial charge in [0.1, 0.15) is 5.82 Å². The summed E-state index contributed by atoms with van der Waals surface area (Å²) in [5.74, 6) is 0.0516. The van der Waals surface area contributed by atoms with Crippen LogP contribution in [-0.4, -0.2) is 36.2 Å². The van der Waals surface area contributed by atoms with Gasteiger partial charge in [0.15, 0.2) is 5.76 Å². The SMILES string of the molecule is Fc1ccc(Cl)cc1-c1cc(CCN2C[CH]NCC2)no1. The van der Waals surface area contributed by atoms with Crippen LogP contribution in [0.25, 0.3) is 11.3 Å². The van der Waals surface area contributed by atoms with Gasteiger partial charge in [-0.1, -0.05) is 16.8 Å². The lowest BCUT2D eigenvalue weighted by atomic mass is 10.1. The summed E-state index contributed by atoms with van der Waals surface area (Å²) in [5, 5.41) is 7.68. The lowest BCUT2D eigenvalue weighted by molar-refractivity contribution is 0.264. The number of rotatable bonds is 4. The average Bonchev–Trinajstić information content (AvgIpc) is 2.97. The van der Waals surface area contributed by atoms with Crippen molar-refractivity contribution in [1.82, 2.24) is 15.4 Å². The van der Waals surface area contributed by atoms with Crippen molar-refractivity contribution in [3.05, 3.63) is 47.3 Å². The maximum Gasteiger partial charge on any atom is 0.170 e. The Bertz CT molecular complexity index is 611. The molecule has 1 aliphatic rings. The van der Waals surface area contributed by atoms with E-state index >= 15 is 0 Å². The van der Waals surface area contributed by atoms with Gasteiger partial charge >= 0.3 is 0 Å². The molecule has 0 unspecified atom stereocenters. The predicted octanol–water partition coefficient (Wildman–Crippen LogP) is 2.74. The van der Waals surface area contributed by atoms with E-state index in [0.29, 0.717) is 16.3 Å². The molecule has 1 saturated heterocycles. The number of piperazine rings is 1. The number of halogens is 2. The van der Waals surface area contributed by atoms with E-state index in [9.17, 15) is 4.39 Å². The van der Waals surface area contributed by atoms with Crippen molar-refractivity contribution in [1.29, 1.82) is 0 Å². The zero-order chi connectivity index (χ0) is 14.7. The molecule has 1 aliphatic heterocycles. The normalized spacial score (nSPS) is 16.3. The first-order valence-corrected chi connectivity index (χ1v) is 7.28. The molecule has 111 valence electrons. The van der Waals surface area contributed by atoms with Crippen LogP contribution in [0.3, 0.4) is 0 Å². The van der Waals surface area contributed by atoms with Crippen LogP contribution in [0.1, 0.15) is 5.69 Å². The predicted molar refractivity (Wildman–Crippen MR) is 79.4 cm³/mol. The van der Waals surface area contributed by atoms with Crippen LogP contribution in [0.15, 0.2) is 28.8 Å². The lowest BCUT2D eigenvalue weighted by Crippen LogP contribution is -2.41. The van der Waals surface area contributed by atoms with E-state index in [1.165, 1.54) is 12.1 Å². The van der Waals surface area contributed by atoms with E-state index < -0.39 is 0 Å². The van der Waals surface area contributed by atoms with E-state index in [1.807, 2.05) is 0 Å². The first-order valence-electron chi connectivity index (χ1n) is 6.91. The fraction of sp³-hybridized carbons (Fsp3) is 0.333. The largest absolute Gasteiger partial charge is 0.356 e. The fourth-order valence-corrected chi connectivity index (χ4v) is 2.50. The average molecular weight is 309 g/mol. The van der Waals surface area contributed by atoms with Crippen molar-refractivity contribution >= 4 is 11.6 Å². The molecule has 0 saturated carbocycles. The highest BCUT2D eigenvalue weighted by Crippen LogP contribution is 2.26. The Hall–Kier alpha value is -1.43. The van der Waals surface area contributed by atoms with Gasteiger partial charge in [0.2, 0.25) is 0 Å². The van der Waals surface area contributed by atoms with Crippen molar-refractivity contribution < 1.29 is 8.91 Å². The number of benzene rings is 1. The Morgan fingerprint density at radius 2 is 2.29 bits per heavy atom. The summed E-state index contributed by atoms with van der Waals surface area (Å²) in [6.45, 7) is 5.87. The van der Waals surface area contributed by atoms with Gasteiger partial charge in [-0.25, -0.2) is 4.39 Å². The highest BCUT2D eigenvalue weighted by Gasteiger charge is 2.14. The summed E-state index contributed by atoms with van der Waals surface area (Å²) in [6, 6.07) is 6.17. The number of nitrogens with one attached hydrogen (secondary N) is 1. The maximum absolute atomic E-state index is 13.8. The molecule has 1 N–H and O–H groups in total. The second-order valence-corrected chi connectivity index (χ2v) is 5.45. The molecule has 21 heavy (non-hydrogen) atoms. The number of hydrogen-bond donors (Lipinski definition) is 1. The Kier molecular flexibility index (Phi) is 4.53. The minimum absolute atomic E-state index is 0.344. The van der Waals surface area contributed by atoms with Gasteiger partial charge in [-0.3, -0.25) is 0 Å². The van der Waals surface area contributed by atoms with Gasteiger partial charge in [0, 0.05) is 50.2 Å². The van der Waals surface area contributed by atoms with E-state index in [2.05, 4.69) is 21.9 Å². The van der Waals surface area contributed by atoms with Gasteiger partial charge in [0.25, 0.3) is 0 Å². The molecule has 2 aromatic rings. The molecule has 2 heterocycles. The van der Waals surface area contributed by atoms with Crippen molar-refractivity contribution in [2.24, 2.45) is 0 Å². The lowest BCUT2D eigenvalue weighted by Gasteiger charge is -2.26. The van der Waals surface area contributed by atoms with Crippen LogP contribution in [-0.2, 0) is 6.42 Å².